The summed E-state index contributed by atoms with van der Waals surface area (Å²) in [7, 11) is 1.76. The number of para-hydroxylation sites is 1. The molecule has 1 unspecified atom stereocenters. The number of rotatable bonds is 2. The van der Waals surface area contributed by atoms with Crippen molar-refractivity contribution in [2.24, 2.45) is 12.8 Å². The van der Waals surface area contributed by atoms with E-state index in [1.54, 1.807) is 13.2 Å². The fourth-order valence-corrected chi connectivity index (χ4v) is 1.81. The van der Waals surface area contributed by atoms with Crippen molar-refractivity contribution in [3.63, 3.8) is 0 Å². The Morgan fingerprint density at radius 2 is 2.18 bits per heavy atom. The first-order valence-corrected chi connectivity index (χ1v) is 5.34. The highest BCUT2D eigenvalue weighted by Crippen LogP contribution is 2.25. The van der Waals surface area contributed by atoms with E-state index < -0.39 is 0 Å². The number of hydrogen-bond donors (Lipinski definition) is 1. The zero-order valence-corrected chi connectivity index (χ0v) is 9.37. The van der Waals surface area contributed by atoms with Crippen LogP contribution in [-0.4, -0.2) is 15.0 Å². The summed E-state index contributed by atoms with van der Waals surface area (Å²) in [5.41, 5.74) is 7.62. The molecule has 0 aliphatic carbocycles. The van der Waals surface area contributed by atoms with Crippen molar-refractivity contribution in [2.45, 2.75) is 6.04 Å². The lowest BCUT2D eigenvalue weighted by molar-refractivity contribution is 0.516. The van der Waals surface area contributed by atoms with E-state index in [1.165, 1.54) is 4.80 Å². The van der Waals surface area contributed by atoms with Gasteiger partial charge in [-0.25, -0.2) is 0 Å². The van der Waals surface area contributed by atoms with Gasteiger partial charge in [-0.2, -0.15) is 15.0 Å². The van der Waals surface area contributed by atoms with Gasteiger partial charge in [0.15, 0.2) is 0 Å². The third-order valence-corrected chi connectivity index (χ3v) is 2.69. The van der Waals surface area contributed by atoms with E-state index in [2.05, 4.69) is 10.2 Å². The van der Waals surface area contributed by atoms with Crippen LogP contribution in [0.1, 0.15) is 17.5 Å². The molecule has 3 rings (SSSR count). The normalized spacial score (nSPS) is 13.1. The van der Waals surface area contributed by atoms with E-state index in [9.17, 15) is 0 Å². The van der Waals surface area contributed by atoms with Crippen LogP contribution < -0.4 is 5.73 Å². The van der Waals surface area contributed by atoms with Gasteiger partial charge in [0.05, 0.1) is 6.20 Å². The lowest BCUT2D eigenvalue weighted by Gasteiger charge is -2.02. The Balaban J connectivity index is 2.03. The number of nitrogens with two attached hydrogens (primary N) is 1. The van der Waals surface area contributed by atoms with Crippen molar-refractivity contribution in [1.82, 2.24) is 15.0 Å². The third-order valence-electron chi connectivity index (χ3n) is 2.69. The van der Waals surface area contributed by atoms with Gasteiger partial charge in [-0.3, -0.25) is 0 Å². The summed E-state index contributed by atoms with van der Waals surface area (Å²) in [6.45, 7) is 0. The Labute approximate surface area is 97.8 Å². The van der Waals surface area contributed by atoms with Crippen LogP contribution in [0, 0.1) is 0 Å². The zero-order valence-electron chi connectivity index (χ0n) is 9.37. The van der Waals surface area contributed by atoms with E-state index in [1.807, 2.05) is 30.3 Å². The topological polar surface area (TPSA) is 69.9 Å². The Kier molecular flexibility index (Phi) is 2.19. The minimum absolute atomic E-state index is 0.379. The highest BCUT2D eigenvalue weighted by molar-refractivity contribution is 5.77. The van der Waals surface area contributed by atoms with Crippen molar-refractivity contribution in [2.75, 3.05) is 0 Å². The molecule has 5 nitrogen and oxygen atoms in total. The first kappa shape index (κ1) is 10.0. The third kappa shape index (κ3) is 1.70. The van der Waals surface area contributed by atoms with Crippen LogP contribution in [-0.2, 0) is 7.05 Å². The minimum Gasteiger partial charge on any atom is -0.459 e. The van der Waals surface area contributed by atoms with Gasteiger partial charge in [0.2, 0.25) is 0 Å². The van der Waals surface area contributed by atoms with Crippen LogP contribution in [0.5, 0.6) is 0 Å². The molecule has 17 heavy (non-hydrogen) atoms. The summed E-state index contributed by atoms with van der Waals surface area (Å²) in [5, 5.41) is 9.22. The van der Waals surface area contributed by atoms with E-state index in [-0.39, 0.29) is 6.04 Å². The summed E-state index contributed by atoms with van der Waals surface area (Å²) >= 11 is 0. The zero-order chi connectivity index (χ0) is 11.8. The lowest BCUT2D eigenvalue weighted by Crippen LogP contribution is -2.11. The predicted molar refractivity (Wildman–Crippen MR) is 63.2 cm³/mol. The van der Waals surface area contributed by atoms with Crippen LogP contribution in [0.15, 0.2) is 40.9 Å². The van der Waals surface area contributed by atoms with E-state index in [4.69, 9.17) is 10.2 Å². The first-order chi connectivity index (χ1) is 8.24. The highest BCUT2D eigenvalue weighted by atomic mass is 16.3. The molecule has 0 aliphatic rings. The molecule has 2 aromatic heterocycles. The standard InChI is InChI=1S/C12H12N4O/c1-16-14-7-9(15-16)12(13)11-6-8-4-2-3-5-10(8)17-11/h2-7,12H,13H2,1H3. The average Bonchev–Trinajstić information content (AvgIpc) is 2.93. The number of fused-ring (bicyclic) bond motifs is 1. The molecule has 0 saturated carbocycles. The summed E-state index contributed by atoms with van der Waals surface area (Å²) in [6.07, 6.45) is 1.65. The second-order valence-electron chi connectivity index (χ2n) is 3.92. The maximum Gasteiger partial charge on any atom is 0.134 e. The molecule has 0 radical (unpaired) electrons. The van der Waals surface area contributed by atoms with Crippen molar-refractivity contribution < 1.29 is 4.42 Å². The average molecular weight is 228 g/mol. The number of furan rings is 1. The second-order valence-corrected chi connectivity index (χ2v) is 3.92. The maximum atomic E-state index is 6.08. The molecule has 0 amide bonds. The fraction of sp³-hybridized carbons (Fsp3) is 0.167. The quantitative estimate of drug-likeness (QED) is 0.723. The lowest BCUT2D eigenvalue weighted by atomic mass is 10.1. The van der Waals surface area contributed by atoms with Crippen molar-refractivity contribution in [3.05, 3.63) is 48.0 Å². The predicted octanol–water partition coefficient (Wildman–Crippen LogP) is 1.61. The Bertz CT molecular complexity index is 622. The van der Waals surface area contributed by atoms with Crippen molar-refractivity contribution in [1.29, 1.82) is 0 Å². The van der Waals surface area contributed by atoms with Crippen molar-refractivity contribution in [3.8, 4) is 0 Å². The molecule has 3 aromatic rings. The maximum absolute atomic E-state index is 6.08. The first-order valence-electron chi connectivity index (χ1n) is 5.34. The van der Waals surface area contributed by atoms with Crippen LogP contribution >= 0.6 is 0 Å². The molecule has 1 aromatic carbocycles. The van der Waals surface area contributed by atoms with E-state index in [0.29, 0.717) is 11.5 Å². The number of aromatic nitrogens is 3. The van der Waals surface area contributed by atoms with Gasteiger partial charge >= 0.3 is 0 Å². The molecule has 5 heteroatoms. The Morgan fingerprint density at radius 3 is 2.88 bits per heavy atom. The van der Waals surface area contributed by atoms with Crippen molar-refractivity contribution >= 4 is 11.0 Å². The molecule has 0 aliphatic heterocycles. The molecule has 2 heterocycles. The van der Waals surface area contributed by atoms with Gasteiger partial charge in [0, 0.05) is 12.4 Å². The molecule has 1 atom stereocenters. The van der Waals surface area contributed by atoms with E-state index >= 15 is 0 Å². The van der Waals surface area contributed by atoms with E-state index in [0.717, 1.165) is 11.0 Å². The van der Waals surface area contributed by atoms with Gasteiger partial charge in [-0.1, -0.05) is 18.2 Å². The number of aryl methyl sites for hydroxylation is 1. The largest absolute Gasteiger partial charge is 0.459 e. The van der Waals surface area contributed by atoms with Gasteiger partial charge in [-0.05, 0) is 12.1 Å². The molecule has 2 N–H and O–H groups in total. The van der Waals surface area contributed by atoms with Gasteiger partial charge in [0.25, 0.3) is 0 Å². The molecule has 0 spiro atoms. The Hall–Kier alpha value is -2.14. The smallest absolute Gasteiger partial charge is 0.134 e. The summed E-state index contributed by atoms with van der Waals surface area (Å²) in [6, 6.07) is 9.37. The molecule has 0 saturated heterocycles. The molecule has 0 bridgehead atoms. The van der Waals surface area contributed by atoms with Gasteiger partial charge < -0.3 is 10.2 Å². The molecular formula is C12H12N4O. The molecular weight excluding hydrogens is 216 g/mol. The SMILES string of the molecule is Cn1ncc(C(N)c2cc3ccccc3o2)n1. The van der Waals surface area contributed by atoms with Gasteiger partial charge in [0.1, 0.15) is 23.1 Å². The minimum atomic E-state index is -0.379. The number of benzene rings is 1. The molecule has 0 fully saturated rings. The summed E-state index contributed by atoms with van der Waals surface area (Å²) in [5.74, 6) is 0.701. The number of nitrogens with zero attached hydrogens (tertiary/aromatic N) is 3. The van der Waals surface area contributed by atoms with Crippen LogP contribution in [0.25, 0.3) is 11.0 Å². The van der Waals surface area contributed by atoms with Crippen LogP contribution in [0.3, 0.4) is 0 Å². The summed E-state index contributed by atoms with van der Waals surface area (Å²) in [4.78, 5) is 1.48. The van der Waals surface area contributed by atoms with Gasteiger partial charge in [-0.15, -0.1) is 0 Å². The molecule has 86 valence electrons. The number of hydrogen-bond acceptors (Lipinski definition) is 4. The Morgan fingerprint density at radius 1 is 1.35 bits per heavy atom. The monoisotopic (exact) mass is 228 g/mol. The second kappa shape index (κ2) is 3.71. The van der Waals surface area contributed by atoms with Crippen LogP contribution in [0.4, 0.5) is 0 Å². The van der Waals surface area contributed by atoms with Crippen LogP contribution in [0.2, 0.25) is 0 Å². The highest BCUT2D eigenvalue weighted by Gasteiger charge is 2.16. The summed E-state index contributed by atoms with van der Waals surface area (Å²) < 4.78 is 5.69. The fourth-order valence-electron chi connectivity index (χ4n) is 1.81.